The maximum absolute atomic E-state index is 13.3. The highest BCUT2D eigenvalue weighted by Gasteiger charge is 2.22. The van der Waals surface area contributed by atoms with Crippen molar-refractivity contribution in [1.29, 1.82) is 0 Å². The Morgan fingerprint density at radius 3 is 2.75 bits per heavy atom. The molecular formula is C19H29N3O3S3. The van der Waals surface area contributed by atoms with Gasteiger partial charge >= 0.3 is 0 Å². The van der Waals surface area contributed by atoms with E-state index in [9.17, 15) is 13.2 Å². The normalized spacial score (nSPS) is 14.7. The van der Waals surface area contributed by atoms with Crippen molar-refractivity contribution in [2.24, 2.45) is 5.92 Å². The van der Waals surface area contributed by atoms with Crippen LogP contribution in [0.1, 0.15) is 50.0 Å². The second-order valence-electron chi connectivity index (χ2n) is 7.65. The standard InChI is InChI=1S/C19H29N3O3S3/c1-13(2)9-10-22-18(23)16-14-7-4-5-8-15(14)27-17(16)21-19(22)26-11-6-12-28(24,25)20-3/h13,20H,4-12H2,1-3H3. The average Bonchev–Trinajstić information content (AvgIpc) is 3.03. The summed E-state index contributed by atoms with van der Waals surface area (Å²) in [5.74, 6) is 1.20. The molecule has 156 valence electrons. The molecule has 9 heteroatoms. The number of aryl methyl sites for hydroxylation is 2. The molecule has 1 aliphatic carbocycles. The highest BCUT2D eigenvalue weighted by molar-refractivity contribution is 7.99. The van der Waals surface area contributed by atoms with E-state index in [1.165, 1.54) is 35.7 Å². The lowest BCUT2D eigenvalue weighted by atomic mass is 9.97. The second-order valence-corrected chi connectivity index (χ2v) is 11.8. The molecule has 0 amide bonds. The molecule has 2 heterocycles. The lowest BCUT2D eigenvalue weighted by Gasteiger charge is -2.14. The number of thioether (sulfide) groups is 1. The van der Waals surface area contributed by atoms with Gasteiger partial charge in [0, 0.05) is 17.2 Å². The molecular weight excluding hydrogens is 414 g/mol. The van der Waals surface area contributed by atoms with Crippen molar-refractivity contribution in [3.05, 3.63) is 20.8 Å². The van der Waals surface area contributed by atoms with Crippen LogP contribution in [0.5, 0.6) is 0 Å². The number of thiophene rings is 1. The van der Waals surface area contributed by atoms with Gasteiger partial charge in [0.25, 0.3) is 5.56 Å². The number of sulfonamides is 1. The van der Waals surface area contributed by atoms with Gasteiger partial charge in [0.1, 0.15) is 4.83 Å². The molecule has 1 N–H and O–H groups in total. The van der Waals surface area contributed by atoms with Gasteiger partial charge in [-0.2, -0.15) is 0 Å². The number of rotatable bonds is 9. The number of hydrogen-bond donors (Lipinski definition) is 1. The van der Waals surface area contributed by atoms with Crippen molar-refractivity contribution in [1.82, 2.24) is 14.3 Å². The Hall–Kier alpha value is -0.900. The first-order valence-corrected chi connectivity index (χ1v) is 13.4. The first-order chi connectivity index (χ1) is 13.3. The molecule has 0 fully saturated rings. The molecule has 28 heavy (non-hydrogen) atoms. The van der Waals surface area contributed by atoms with E-state index in [0.717, 1.165) is 41.1 Å². The molecule has 0 unspecified atom stereocenters. The number of nitrogens with zero attached hydrogens (tertiary/aromatic N) is 2. The van der Waals surface area contributed by atoms with Crippen LogP contribution in [-0.2, 0) is 29.4 Å². The summed E-state index contributed by atoms with van der Waals surface area (Å²) in [5, 5.41) is 1.55. The van der Waals surface area contributed by atoms with E-state index in [2.05, 4.69) is 18.6 Å². The van der Waals surface area contributed by atoms with Gasteiger partial charge in [-0.05, 0) is 57.1 Å². The average molecular weight is 444 g/mol. The van der Waals surface area contributed by atoms with Gasteiger partial charge in [-0.1, -0.05) is 25.6 Å². The van der Waals surface area contributed by atoms with Crippen molar-refractivity contribution in [3.63, 3.8) is 0 Å². The maximum atomic E-state index is 13.3. The number of nitrogens with one attached hydrogen (secondary N) is 1. The topological polar surface area (TPSA) is 81.1 Å². The third-order valence-electron chi connectivity index (χ3n) is 5.07. The van der Waals surface area contributed by atoms with Crippen LogP contribution >= 0.6 is 23.1 Å². The molecule has 3 rings (SSSR count). The van der Waals surface area contributed by atoms with Gasteiger partial charge in [0.2, 0.25) is 10.0 Å². The predicted molar refractivity (Wildman–Crippen MR) is 118 cm³/mol. The lowest BCUT2D eigenvalue weighted by Crippen LogP contribution is -2.25. The second kappa shape index (κ2) is 9.28. The highest BCUT2D eigenvalue weighted by Crippen LogP contribution is 2.34. The molecule has 2 aromatic heterocycles. The van der Waals surface area contributed by atoms with Crippen molar-refractivity contribution < 1.29 is 8.42 Å². The summed E-state index contributed by atoms with van der Waals surface area (Å²) < 4.78 is 27.4. The molecule has 0 saturated heterocycles. The Morgan fingerprint density at radius 1 is 1.29 bits per heavy atom. The summed E-state index contributed by atoms with van der Waals surface area (Å²) in [7, 11) is -1.77. The smallest absolute Gasteiger partial charge is 0.263 e. The van der Waals surface area contributed by atoms with E-state index >= 15 is 0 Å². The zero-order chi connectivity index (χ0) is 20.3. The molecule has 0 aliphatic heterocycles. The number of fused-ring (bicyclic) bond motifs is 3. The third-order valence-corrected chi connectivity index (χ3v) is 8.77. The van der Waals surface area contributed by atoms with E-state index in [4.69, 9.17) is 4.98 Å². The first kappa shape index (κ1) is 21.8. The van der Waals surface area contributed by atoms with Gasteiger partial charge in [0.15, 0.2) is 5.16 Å². The van der Waals surface area contributed by atoms with Crippen LogP contribution in [0.3, 0.4) is 0 Å². The Labute approximate surface area is 175 Å². The van der Waals surface area contributed by atoms with Gasteiger partial charge in [-0.15, -0.1) is 11.3 Å². The highest BCUT2D eigenvalue weighted by atomic mass is 32.2. The van der Waals surface area contributed by atoms with Crippen LogP contribution in [-0.4, -0.2) is 36.5 Å². The fourth-order valence-corrected chi connectivity index (χ4v) is 6.61. The van der Waals surface area contributed by atoms with Crippen LogP contribution in [0.2, 0.25) is 0 Å². The van der Waals surface area contributed by atoms with E-state index in [0.29, 0.717) is 24.6 Å². The van der Waals surface area contributed by atoms with Gasteiger partial charge < -0.3 is 0 Å². The van der Waals surface area contributed by atoms with Gasteiger partial charge in [-0.25, -0.2) is 18.1 Å². The maximum Gasteiger partial charge on any atom is 0.263 e. The minimum atomic E-state index is -3.20. The van der Waals surface area contributed by atoms with Gasteiger partial charge in [-0.3, -0.25) is 9.36 Å². The van der Waals surface area contributed by atoms with Gasteiger partial charge in [0.05, 0.1) is 11.1 Å². The van der Waals surface area contributed by atoms with E-state index < -0.39 is 10.0 Å². The third kappa shape index (κ3) is 4.98. The molecule has 0 atom stereocenters. The van der Waals surface area contributed by atoms with Crippen LogP contribution < -0.4 is 10.3 Å². The molecule has 0 aromatic carbocycles. The van der Waals surface area contributed by atoms with E-state index in [1.54, 1.807) is 11.3 Å². The Kier molecular flexibility index (Phi) is 7.22. The summed E-state index contributed by atoms with van der Waals surface area (Å²) in [5.41, 5.74) is 1.30. The summed E-state index contributed by atoms with van der Waals surface area (Å²) in [4.78, 5) is 20.4. The van der Waals surface area contributed by atoms with E-state index in [1.807, 2.05) is 4.57 Å². The van der Waals surface area contributed by atoms with Crippen molar-refractivity contribution >= 4 is 43.3 Å². The van der Waals surface area contributed by atoms with Crippen LogP contribution in [0.25, 0.3) is 10.2 Å². The molecule has 1 aliphatic rings. The molecule has 0 spiro atoms. The summed E-state index contributed by atoms with van der Waals surface area (Å²) in [6, 6.07) is 0. The molecule has 0 bridgehead atoms. The van der Waals surface area contributed by atoms with E-state index in [-0.39, 0.29) is 11.3 Å². The zero-order valence-corrected chi connectivity index (χ0v) is 19.2. The predicted octanol–water partition coefficient (Wildman–Crippen LogP) is 3.41. The van der Waals surface area contributed by atoms with Crippen LogP contribution in [0.15, 0.2) is 9.95 Å². The molecule has 0 saturated carbocycles. The quantitative estimate of drug-likeness (QED) is 0.365. The Morgan fingerprint density at radius 2 is 2.04 bits per heavy atom. The summed E-state index contributed by atoms with van der Waals surface area (Å²) in [6.07, 6.45) is 5.79. The molecule has 6 nitrogen and oxygen atoms in total. The molecule has 2 aromatic rings. The van der Waals surface area contributed by atoms with Crippen molar-refractivity contribution in [2.75, 3.05) is 18.6 Å². The zero-order valence-electron chi connectivity index (χ0n) is 16.8. The number of aromatic nitrogens is 2. The van der Waals surface area contributed by atoms with Crippen molar-refractivity contribution in [3.8, 4) is 0 Å². The largest absolute Gasteiger partial charge is 0.287 e. The Bertz CT molecular complexity index is 993. The minimum Gasteiger partial charge on any atom is -0.287 e. The lowest BCUT2D eigenvalue weighted by molar-refractivity contribution is 0.481. The Balaban J connectivity index is 1.90. The molecule has 0 radical (unpaired) electrons. The van der Waals surface area contributed by atoms with Crippen LogP contribution in [0.4, 0.5) is 0 Å². The van der Waals surface area contributed by atoms with Crippen LogP contribution in [0, 0.1) is 5.92 Å². The summed E-state index contributed by atoms with van der Waals surface area (Å²) >= 11 is 3.16. The number of hydrogen-bond acceptors (Lipinski definition) is 6. The minimum absolute atomic E-state index is 0.0791. The monoisotopic (exact) mass is 443 g/mol. The fraction of sp³-hybridized carbons (Fsp3) is 0.684. The SMILES string of the molecule is CNS(=O)(=O)CCCSc1nc2sc3c(c2c(=O)n1CCC(C)C)CCCC3. The first-order valence-electron chi connectivity index (χ1n) is 9.91. The fourth-order valence-electron chi connectivity index (χ4n) is 3.43. The van der Waals surface area contributed by atoms with Crippen molar-refractivity contribution in [2.45, 2.75) is 64.1 Å². The summed E-state index contributed by atoms with van der Waals surface area (Å²) in [6.45, 7) is 4.96.